The van der Waals surface area contributed by atoms with E-state index < -0.39 is 0 Å². The monoisotopic (exact) mass is 419 g/mol. The van der Waals surface area contributed by atoms with E-state index in [9.17, 15) is 4.79 Å². The summed E-state index contributed by atoms with van der Waals surface area (Å²) in [5.74, 6) is 0.863. The Bertz CT molecular complexity index is 886. The molecule has 2 aromatic rings. The largest absolute Gasteiger partial charge is 0.357 e. The molecule has 1 heterocycles. The number of nitrogens with zero attached hydrogens (tertiary/aromatic N) is 3. The standard InChI is InChI=1S/C25H33N5O/c1-3-27-25(28-20-22-11-7-13-23(19-22)24(31)26-2)30-17-15-29(16-18-30)14-8-12-21-9-5-4-6-10-21/h4-13,19H,3,14-18,20H2,1-2H3,(H,26,31)(H,27,28)/b12-8+. The van der Waals surface area contributed by atoms with Gasteiger partial charge in [-0.05, 0) is 30.2 Å². The number of guanidine groups is 1. The molecule has 2 aromatic carbocycles. The topological polar surface area (TPSA) is 60.0 Å². The van der Waals surface area contributed by atoms with E-state index in [1.807, 2.05) is 30.3 Å². The summed E-state index contributed by atoms with van der Waals surface area (Å²) in [6.45, 7) is 8.34. The number of piperazine rings is 1. The van der Waals surface area contributed by atoms with E-state index in [4.69, 9.17) is 4.99 Å². The molecule has 3 rings (SSSR count). The average Bonchev–Trinajstić information content (AvgIpc) is 2.82. The van der Waals surface area contributed by atoms with Crippen LogP contribution in [0, 0.1) is 0 Å². The minimum Gasteiger partial charge on any atom is -0.357 e. The van der Waals surface area contributed by atoms with E-state index in [0.29, 0.717) is 12.1 Å². The lowest BCUT2D eigenvalue weighted by molar-refractivity contribution is 0.0963. The molecular formula is C25H33N5O. The summed E-state index contributed by atoms with van der Waals surface area (Å²) < 4.78 is 0. The van der Waals surface area contributed by atoms with Crippen molar-refractivity contribution in [2.24, 2.45) is 4.99 Å². The van der Waals surface area contributed by atoms with Crippen LogP contribution in [0.4, 0.5) is 0 Å². The van der Waals surface area contributed by atoms with Crippen LogP contribution in [0.3, 0.4) is 0 Å². The molecule has 1 aliphatic rings. The Balaban J connectivity index is 1.54. The number of carbonyl (C=O) groups excluding carboxylic acids is 1. The summed E-state index contributed by atoms with van der Waals surface area (Å²) in [6, 6.07) is 18.1. The minimum atomic E-state index is -0.0739. The third kappa shape index (κ3) is 6.96. The van der Waals surface area contributed by atoms with Crippen molar-refractivity contribution < 1.29 is 4.79 Å². The first-order valence-electron chi connectivity index (χ1n) is 11.0. The summed E-state index contributed by atoms with van der Waals surface area (Å²) in [5, 5.41) is 6.08. The molecule has 31 heavy (non-hydrogen) atoms. The maximum Gasteiger partial charge on any atom is 0.251 e. The first kappa shape index (κ1) is 22.6. The number of benzene rings is 2. The Hall–Kier alpha value is -3.12. The molecule has 0 aromatic heterocycles. The predicted octanol–water partition coefficient (Wildman–Crippen LogP) is 2.84. The second kappa shape index (κ2) is 11.9. The summed E-state index contributed by atoms with van der Waals surface area (Å²) >= 11 is 0. The zero-order chi connectivity index (χ0) is 21.9. The van der Waals surface area contributed by atoms with Gasteiger partial charge in [0.1, 0.15) is 0 Å². The Kier molecular flexibility index (Phi) is 8.67. The summed E-state index contributed by atoms with van der Waals surface area (Å²) in [5.41, 5.74) is 2.93. The van der Waals surface area contributed by atoms with E-state index in [2.05, 4.69) is 63.8 Å². The van der Waals surface area contributed by atoms with Crippen molar-refractivity contribution in [3.8, 4) is 0 Å². The van der Waals surface area contributed by atoms with E-state index in [0.717, 1.165) is 50.8 Å². The molecule has 0 aliphatic carbocycles. The maximum atomic E-state index is 11.9. The molecule has 0 radical (unpaired) electrons. The minimum absolute atomic E-state index is 0.0739. The van der Waals surface area contributed by atoms with Crippen molar-refractivity contribution in [1.82, 2.24) is 20.4 Å². The van der Waals surface area contributed by atoms with Gasteiger partial charge in [0.2, 0.25) is 0 Å². The van der Waals surface area contributed by atoms with Crippen molar-refractivity contribution >= 4 is 17.9 Å². The van der Waals surface area contributed by atoms with Crippen molar-refractivity contribution in [2.75, 3.05) is 46.3 Å². The number of rotatable bonds is 7. The van der Waals surface area contributed by atoms with Gasteiger partial charge in [0.25, 0.3) is 5.91 Å². The number of carbonyl (C=O) groups is 1. The summed E-state index contributed by atoms with van der Waals surface area (Å²) in [6.07, 6.45) is 4.43. The van der Waals surface area contributed by atoms with Crippen LogP contribution in [0.5, 0.6) is 0 Å². The highest BCUT2D eigenvalue weighted by Gasteiger charge is 2.18. The van der Waals surface area contributed by atoms with Crippen LogP contribution in [-0.2, 0) is 6.54 Å². The van der Waals surface area contributed by atoms with Gasteiger partial charge in [0.15, 0.2) is 5.96 Å². The molecule has 164 valence electrons. The van der Waals surface area contributed by atoms with Gasteiger partial charge in [-0.2, -0.15) is 0 Å². The van der Waals surface area contributed by atoms with Crippen LogP contribution in [0.1, 0.15) is 28.4 Å². The maximum absolute atomic E-state index is 11.9. The van der Waals surface area contributed by atoms with Gasteiger partial charge < -0.3 is 15.5 Å². The van der Waals surface area contributed by atoms with Gasteiger partial charge in [0.05, 0.1) is 6.54 Å². The Morgan fingerprint density at radius 3 is 2.55 bits per heavy atom. The summed E-state index contributed by atoms with van der Waals surface area (Å²) in [7, 11) is 1.65. The van der Waals surface area contributed by atoms with Gasteiger partial charge in [-0.1, -0.05) is 54.6 Å². The fourth-order valence-corrected chi connectivity index (χ4v) is 3.59. The van der Waals surface area contributed by atoms with Crippen molar-refractivity contribution in [2.45, 2.75) is 13.5 Å². The first-order chi connectivity index (χ1) is 15.2. The second-order valence-electron chi connectivity index (χ2n) is 7.55. The fourth-order valence-electron chi connectivity index (χ4n) is 3.59. The van der Waals surface area contributed by atoms with Crippen LogP contribution in [0.15, 0.2) is 65.7 Å². The lowest BCUT2D eigenvalue weighted by Gasteiger charge is -2.36. The number of hydrogen-bond acceptors (Lipinski definition) is 3. The Labute approximate surface area is 185 Å². The van der Waals surface area contributed by atoms with Crippen molar-refractivity contribution in [3.63, 3.8) is 0 Å². The number of aliphatic imine (C=N–C) groups is 1. The highest BCUT2D eigenvalue weighted by Crippen LogP contribution is 2.09. The molecule has 0 unspecified atom stereocenters. The number of amides is 1. The van der Waals surface area contributed by atoms with Gasteiger partial charge in [-0.25, -0.2) is 4.99 Å². The van der Waals surface area contributed by atoms with E-state index >= 15 is 0 Å². The number of nitrogens with one attached hydrogen (secondary N) is 2. The Morgan fingerprint density at radius 1 is 1.06 bits per heavy atom. The molecule has 6 nitrogen and oxygen atoms in total. The zero-order valence-electron chi connectivity index (χ0n) is 18.6. The highest BCUT2D eigenvalue weighted by molar-refractivity contribution is 5.94. The molecule has 1 amide bonds. The van der Waals surface area contributed by atoms with Gasteiger partial charge in [0, 0.05) is 51.9 Å². The van der Waals surface area contributed by atoms with Crippen molar-refractivity contribution in [3.05, 3.63) is 77.4 Å². The highest BCUT2D eigenvalue weighted by atomic mass is 16.1. The molecule has 1 aliphatic heterocycles. The van der Waals surface area contributed by atoms with Crippen molar-refractivity contribution in [1.29, 1.82) is 0 Å². The SMILES string of the molecule is CCNC(=NCc1cccc(C(=O)NC)c1)N1CCN(C/C=C/c2ccccc2)CC1. The molecule has 1 fully saturated rings. The van der Waals surface area contributed by atoms with E-state index in [-0.39, 0.29) is 5.91 Å². The van der Waals surface area contributed by atoms with Gasteiger partial charge in [-0.15, -0.1) is 0 Å². The molecular weight excluding hydrogens is 386 g/mol. The van der Waals surface area contributed by atoms with E-state index in [1.54, 1.807) is 7.05 Å². The molecule has 6 heteroatoms. The lowest BCUT2D eigenvalue weighted by atomic mass is 10.1. The van der Waals surface area contributed by atoms with Gasteiger partial charge >= 0.3 is 0 Å². The van der Waals surface area contributed by atoms with E-state index in [1.165, 1.54) is 5.56 Å². The molecule has 1 saturated heterocycles. The normalized spacial score (nSPS) is 15.3. The molecule has 0 saturated carbocycles. The smallest absolute Gasteiger partial charge is 0.251 e. The Morgan fingerprint density at radius 2 is 1.84 bits per heavy atom. The number of hydrogen-bond donors (Lipinski definition) is 2. The van der Waals surface area contributed by atoms with Crippen LogP contribution >= 0.6 is 0 Å². The molecule has 0 atom stereocenters. The lowest BCUT2D eigenvalue weighted by Crippen LogP contribution is -2.52. The summed E-state index contributed by atoms with van der Waals surface area (Å²) in [4.78, 5) is 21.5. The fraction of sp³-hybridized carbons (Fsp3) is 0.360. The third-order valence-corrected chi connectivity index (χ3v) is 5.31. The van der Waals surface area contributed by atoms with Crippen LogP contribution in [-0.4, -0.2) is 68.0 Å². The van der Waals surface area contributed by atoms with Crippen LogP contribution < -0.4 is 10.6 Å². The second-order valence-corrected chi connectivity index (χ2v) is 7.55. The molecule has 0 spiro atoms. The quantitative estimate of drug-likeness (QED) is 0.535. The molecule has 0 bridgehead atoms. The zero-order valence-corrected chi connectivity index (χ0v) is 18.6. The predicted molar refractivity (Wildman–Crippen MR) is 128 cm³/mol. The van der Waals surface area contributed by atoms with Crippen LogP contribution in [0.25, 0.3) is 6.08 Å². The van der Waals surface area contributed by atoms with Gasteiger partial charge in [-0.3, -0.25) is 9.69 Å². The average molecular weight is 420 g/mol. The molecule has 2 N–H and O–H groups in total. The first-order valence-corrected chi connectivity index (χ1v) is 11.0. The van der Waals surface area contributed by atoms with Crippen LogP contribution in [0.2, 0.25) is 0 Å². The third-order valence-electron chi connectivity index (χ3n) is 5.31.